The van der Waals surface area contributed by atoms with E-state index in [-0.39, 0.29) is 12.1 Å². The zero-order valence-electron chi connectivity index (χ0n) is 12.1. The van der Waals surface area contributed by atoms with Crippen LogP contribution in [0.25, 0.3) is 0 Å². The highest BCUT2D eigenvalue weighted by atomic mass is 19.1. The molecule has 0 heterocycles. The van der Waals surface area contributed by atoms with Crippen LogP contribution in [0, 0.1) is 25.5 Å². The summed E-state index contributed by atoms with van der Waals surface area (Å²) in [5.74, 6) is -1.83. The van der Waals surface area contributed by atoms with Crippen LogP contribution < -0.4 is 5.73 Å². The Morgan fingerprint density at radius 1 is 0.952 bits per heavy atom. The first-order chi connectivity index (χ1) is 9.92. The maximum Gasteiger partial charge on any atom is 0.126 e. The van der Waals surface area contributed by atoms with E-state index >= 15 is 0 Å². The van der Waals surface area contributed by atoms with E-state index in [1.165, 1.54) is 0 Å². The second-order valence-corrected chi connectivity index (χ2v) is 5.33. The Hall–Kier alpha value is -1.78. The lowest BCUT2D eigenvalue weighted by atomic mass is 9.87. The van der Waals surface area contributed by atoms with Gasteiger partial charge in [0, 0.05) is 18.5 Å². The van der Waals surface area contributed by atoms with Crippen molar-refractivity contribution < 1.29 is 13.9 Å². The minimum atomic E-state index is -1.05. The molecule has 0 aliphatic heterocycles. The molecule has 3 N–H and O–H groups in total. The predicted molar refractivity (Wildman–Crippen MR) is 79.0 cm³/mol. The Labute approximate surface area is 123 Å². The molecule has 0 spiro atoms. The smallest absolute Gasteiger partial charge is 0.126 e. The fourth-order valence-corrected chi connectivity index (χ4v) is 2.42. The normalized spacial score (nSPS) is 14.0. The van der Waals surface area contributed by atoms with Crippen molar-refractivity contribution in [2.75, 3.05) is 6.54 Å². The van der Waals surface area contributed by atoms with Crippen molar-refractivity contribution in [3.05, 3.63) is 70.3 Å². The van der Waals surface area contributed by atoms with Crippen LogP contribution in [0.15, 0.2) is 36.4 Å². The summed E-state index contributed by atoms with van der Waals surface area (Å²) in [4.78, 5) is 0. The quantitative estimate of drug-likeness (QED) is 0.907. The number of aliphatic hydroxyl groups is 1. The lowest BCUT2D eigenvalue weighted by molar-refractivity contribution is 0.146. The Morgan fingerprint density at radius 2 is 1.57 bits per heavy atom. The summed E-state index contributed by atoms with van der Waals surface area (Å²) in [6.45, 7) is 4.15. The van der Waals surface area contributed by atoms with Crippen LogP contribution in [0.2, 0.25) is 0 Å². The van der Waals surface area contributed by atoms with Gasteiger partial charge in [0.05, 0.1) is 6.10 Å². The third-order valence-corrected chi connectivity index (χ3v) is 3.82. The fraction of sp³-hybridized carbons (Fsp3) is 0.294. The fourth-order valence-electron chi connectivity index (χ4n) is 2.42. The molecule has 2 aromatic carbocycles. The highest BCUT2D eigenvalue weighted by molar-refractivity contribution is 5.34. The molecule has 0 bridgehead atoms. The maximum atomic E-state index is 13.3. The topological polar surface area (TPSA) is 46.2 Å². The minimum Gasteiger partial charge on any atom is -0.388 e. The first kappa shape index (κ1) is 15.6. The maximum absolute atomic E-state index is 13.3. The lowest BCUT2D eigenvalue weighted by Gasteiger charge is -2.23. The summed E-state index contributed by atoms with van der Waals surface area (Å²) >= 11 is 0. The Balaban J connectivity index is 2.37. The van der Waals surface area contributed by atoms with E-state index < -0.39 is 23.7 Å². The molecule has 0 fully saturated rings. The van der Waals surface area contributed by atoms with E-state index in [0.29, 0.717) is 0 Å². The average molecular weight is 291 g/mol. The minimum absolute atomic E-state index is 0.182. The lowest BCUT2D eigenvalue weighted by Crippen LogP contribution is -2.20. The first-order valence-corrected chi connectivity index (χ1v) is 6.83. The van der Waals surface area contributed by atoms with Crippen LogP contribution in [0.5, 0.6) is 0 Å². The summed E-state index contributed by atoms with van der Waals surface area (Å²) in [5.41, 5.74) is 9.04. The van der Waals surface area contributed by atoms with Gasteiger partial charge in [-0.05, 0) is 48.2 Å². The number of nitrogens with two attached hydrogens (primary N) is 1. The van der Waals surface area contributed by atoms with Crippen LogP contribution in [0.4, 0.5) is 8.78 Å². The van der Waals surface area contributed by atoms with Crippen LogP contribution in [0.3, 0.4) is 0 Å². The third kappa shape index (κ3) is 3.46. The van der Waals surface area contributed by atoms with E-state index in [2.05, 4.69) is 0 Å². The van der Waals surface area contributed by atoms with E-state index in [1.54, 1.807) is 0 Å². The molecule has 2 atom stereocenters. The van der Waals surface area contributed by atoms with E-state index in [9.17, 15) is 13.9 Å². The second-order valence-electron chi connectivity index (χ2n) is 5.33. The zero-order chi connectivity index (χ0) is 15.6. The molecule has 0 saturated heterocycles. The number of hydrogen-bond acceptors (Lipinski definition) is 2. The van der Waals surface area contributed by atoms with Gasteiger partial charge in [-0.1, -0.05) is 18.2 Å². The van der Waals surface area contributed by atoms with Crippen LogP contribution >= 0.6 is 0 Å². The Kier molecular flexibility index (Phi) is 4.70. The van der Waals surface area contributed by atoms with Gasteiger partial charge in [-0.15, -0.1) is 0 Å². The second kappa shape index (κ2) is 6.33. The number of halogens is 2. The van der Waals surface area contributed by atoms with Gasteiger partial charge in [0.2, 0.25) is 0 Å². The van der Waals surface area contributed by atoms with Crippen molar-refractivity contribution >= 4 is 0 Å². The molecule has 4 heteroatoms. The highest BCUT2D eigenvalue weighted by Gasteiger charge is 2.23. The first-order valence-electron chi connectivity index (χ1n) is 6.83. The molecule has 0 aliphatic rings. The summed E-state index contributed by atoms with van der Waals surface area (Å²) < 4.78 is 26.6. The van der Waals surface area contributed by atoms with Gasteiger partial charge < -0.3 is 10.8 Å². The number of hydrogen-bond donors (Lipinski definition) is 2. The van der Waals surface area contributed by atoms with Crippen molar-refractivity contribution in [1.29, 1.82) is 0 Å². The van der Waals surface area contributed by atoms with Gasteiger partial charge >= 0.3 is 0 Å². The molecule has 0 saturated carbocycles. The number of aliphatic hydroxyl groups excluding tert-OH is 1. The molecule has 2 rings (SSSR count). The number of rotatable bonds is 4. The van der Waals surface area contributed by atoms with Crippen molar-refractivity contribution in [3.8, 4) is 0 Å². The molecule has 0 aliphatic carbocycles. The molecule has 0 radical (unpaired) electrons. The van der Waals surface area contributed by atoms with Gasteiger partial charge in [0.15, 0.2) is 0 Å². The van der Waals surface area contributed by atoms with Crippen molar-refractivity contribution in [1.82, 2.24) is 0 Å². The summed E-state index contributed by atoms with van der Waals surface area (Å²) in [6, 6.07) is 8.84. The number of benzene rings is 2. The van der Waals surface area contributed by atoms with E-state index in [1.807, 2.05) is 32.0 Å². The molecular formula is C17H19F2NO. The predicted octanol–water partition coefficient (Wildman–Crippen LogP) is 3.36. The van der Waals surface area contributed by atoms with E-state index in [4.69, 9.17) is 5.73 Å². The molecular weight excluding hydrogens is 272 g/mol. The van der Waals surface area contributed by atoms with Crippen LogP contribution in [-0.2, 0) is 0 Å². The van der Waals surface area contributed by atoms with Crippen LogP contribution in [-0.4, -0.2) is 11.7 Å². The monoisotopic (exact) mass is 291 g/mol. The Morgan fingerprint density at radius 3 is 2.10 bits per heavy atom. The highest BCUT2D eigenvalue weighted by Crippen LogP contribution is 2.31. The standard InChI is InChI=1S/C17H19F2NO/c1-10-3-4-12(5-11(10)2)16(9-20)17(21)13-6-14(18)8-15(19)7-13/h3-8,16-17,21H,9,20H2,1-2H3. The van der Waals surface area contributed by atoms with Gasteiger partial charge in [-0.3, -0.25) is 0 Å². The molecule has 0 amide bonds. The summed E-state index contributed by atoms with van der Waals surface area (Å²) in [6.07, 6.45) is -1.05. The Bertz CT molecular complexity index is 622. The zero-order valence-corrected chi connectivity index (χ0v) is 12.1. The molecule has 2 aromatic rings. The molecule has 112 valence electrons. The van der Waals surface area contributed by atoms with Gasteiger partial charge in [-0.2, -0.15) is 0 Å². The summed E-state index contributed by atoms with van der Waals surface area (Å²) in [5, 5.41) is 10.4. The molecule has 0 aromatic heterocycles. The van der Waals surface area contributed by atoms with Gasteiger partial charge in [0.1, 0.15) is 11.6 Å². The van der Waals surface area contributed by atoms with Gasteiger partial charge in [-0.25, -0.2) is 8.78 Å². The largest absolute Gasteiger partial charge is 0.388 e. The molecule has 2 unspecified atom stereocenters. The average Bonchev–Trinajstić information content (AvgIpc) is 2.42. The van der Waals surface area contributed by atoms with Crippen molar-refractivity contribution in [3.63, 3.8) is 0 Å². The van der Waals surface area contributed by atoms with Crippen molar-refractivity contribution in [2.45, 2.75) is 25.9 Å². The molecule has 21 heavy (non-hydrogen) atoms. The third-order valence-electron chi connectivity index (χ3n) is 3.82. The SMILES string of the molecule is Cc1ccc(C(CN)C(O)c2cc(F)cc(F)c2)cc1C. The molecule has 2 nitrogen and oxygen atoms in total. The van der Waals surface area contributed by atoms with Crippen molar-refractivity contribution in [2.24, 2.45) is 5.73 Å². The van der Waals surface area contributed by atoms with Crippen LogP contribution in [0.1, 0.15) is 34.3 Å². The van der Waals surface area contributed by atoms with Gasteiger partial charge in [0.25, 0.3) is 0 Å². The summed E-state index contributed by atoms with van der Waals surface area (Å²) in [7, 11) is 0. The van der Waals surface area contributed by atoms with E-state index in [0.717, 1.165) is 34.9 Å². The number of aryl methyl sites for hydroxylation is 2.